The van der Waals surface area contributed by atoms with E-state index in [1.165, 1.54) is 4.31 Å². The van der Waals surface area contributed by atoms with E-state index in [0.717, 1.165) is 44.4 Å². The minimum atomic E-state index is -3.66. The Morgan fingerprint density at radius 2 is 1.74 bits per heavy atom. The molecular formula is C24H31BrN2O3S. The smallest absolute Gasteiger partial charge is 0.243 e. The molecule has 2 aromatic carbocycles. The first kappa shape index (κ1) is 24.0. The molecular weight excluding hydrogens is 476 g/mol. The summed E-state index contributed by atoms with van der Waals surface area (Å²) in [6.07, 6.45) is 2.15. The van der Waals surface area contributed by atoms with Gasteiger partial charge in [0, 0.05) is 23.2 Å². The summed E-state index contributed by atoms with van der Waals surface area (Å²) in [5.41, 5.74) is 5.43. The number of amides is 1. The molecule has 0 saturated carbocycles. The number of nitrogens with zero attached hydrogens (tertiary/aromatic N) is 1. The zero-order valence-electron chi connectivity index (χ0n) is 18.9. The molecule has 0 aliphatic carbocycles. The van der Waals surface area contributed by atoms with Crippen molar-refractivity contribution in [3.8, 4) is 0 Å². The van der Waals surface area contributed by atoms with Crippen LogP contribution in [0, 0.1) is 33.6 Å². The average Bonchev–Trinajstić information content (AvgIpc) is 2.68. The van der Waals surface area contributed by atoms with Gasteiger partial charge >= 0.3 is 0 Å². The van der Waals surface area contributed by atoms with Crippen molar-refractivity contribution in [2.45, 2.75) is 58.8 Å². The van der Waals surface area contributed by atoms with Crippen LogP contribution in [0.5, 0.6) is 0 Å². The number of carbonyl (C=O) groups is 1. The molecule has 0 aromatic heterocycles. The Morgan fingerprint density at radius 3 is 2.35 bits per heavy atom. The van der Waals surface area contributed by atoms with Crippen molar-refractivity contribution in [3.05, 3.63) is 56.6 Å². The lowest BCUT2D eigenvalue weighted by molar-refractivity contribution is -0.120. The number of nitrogens with one attached hydrogen (secondary N) is 1. The first-order chi connectivity index (χ1) is 14.5. The fourth-order valence-corrected chi connectivity index (χ4v) is 7.13. The highest BCUT2D eigenvalue weighted by Gasteiger charge is 2.35. The van der Waals surface area contributed by atoms with Crippen molar-refractivity contribution in [2.75, 3.05) is 18.4 Å². The van der Waals surface area contributed by atoms with Crippen LogP contribution in [0.1, 0.15) is 47.6 Å². The molecule has 1 aliphatic rings. The Labute approximate surface area is 194 Å². The molecule has 31 heavy (non-hydrogen) atoms. The monoisotopic (exact) mass is 506 g/mol. The number of halogens is 1. The van der Waals surface area contributed by atoms with Crippen molar-refractivity contribution < 1.29 is 13.2 Å². The molecule has 1 N–H and O–H groups in total. The highest BCUT2D eigenvalue weighted by Crippen LogP contribution is 2.31. The average molecular weight is 507 g/mol. The number of carbonyl (C=O) groups excluding carboxylic acids is 1. The molecule has 7 heteroatoms. The van der Waals surface area contributed by atoms with Gasteiger partial charge in [0.05, 0.1) is 10.8 Å². The summed E-state index contributed by atoms with van der Waals surface area (Å²) in [4.78, 5) is 13.5. The number of hydrogen-bond donors (Lipinski definition) is 1. The van der Waals surface area contributed by atoms with Gasteiger partial charge in [-0.15, -0.1) is 0 Å². The molecule has 1 fully saturated rings. The Bertz CT molecular complexity index is 1090. The van der Waals surface area contributed by atoms with Gasteiger partial charge in [0.2, 0.25) is 15.9 Å². The number of aryl methyl sites for hydroxylation is 5. The van der Waals surface area contributed by atoms with Crippen molar-refractivity contribution in [1.29, 1.82) is 0 Å². The SMILES string of the molecule is CCc1cc(Br)cc(C)c1NC(=O)C1CCCN(S(=O)(=O)c2c(C)cc(C)cc2C)C1. The summed E-state index contributed by atoms with van der Waals surface area (Å²) in [5.74, 6) is -0.486. The maximum absolute atomic E-state index is 13.4. The third kappa shape index (κ3) is 5.04. The summed E-state index contributed by atoms with van der Waals surface area (Å²) in [6.45, 7) is 10.3. The Kier molecular flexibility index (Phi) is 7.28. The maximum atomic E-state index is 13.4. The third-order valence-electron chi connectivity index (χ3n) is 5.97. The summed E-state index contributed by atoms with van der Waals surface area (Å²) in [6, 6.07) is 7.80. The fourth-order valence-electron chi connectivity index (χ4n) is 4.57. The molecule has 1 amide bonds. The van der Waals surface area contributed by atoms with Crippen LogP contribution in [0.15, 0.2) is 33.6 Å². The first-order valence-electron chi connectivity index (χ1n) is 10.7. The van der Waals surface area contributed by atoms with Gasteiger partial charge in [-0.05, 0) is 81.3 Å². The first-order valence-corrected chi connectivity index (χ1v) is 13.0. The normalized spacial score (nSPS) is 17.5. The second-order valence-electron chi connectivity index (χ2n) is 8.53. The van der Waals surface area contributed by atoms with E-state index in [-0.39, 0.29) is 18.4 Å². The van der Waals surface area contributed by atoms with Crippen LogP contribution in [-0.2, 0) is 21.2 Å². The van der Waals surface area contributed by atoms with Gasteiger partial charge in [0.15, 0.2) is 0 Å². The molecule has 2 aromatic rings. The van der Waals surface area contributed by atoms with E-state index in [1.807, 2.05) is 52.0 Å². The van der Waals surface area contributed by atoms with Gasteiger partial charge < -0.3 is 5.32 Å². The van der Waals surface area contributed by atoms with E-state index in [1.54, 1.807) is 0 Å². The largest absolute Gasteiger partial charge is 0.325 e. The van der Waals surface area contributed by atoms with Crippen molar-refractivity contribution in [1.82, 2.24) is 4.31 Å². The van der Waals surface area contributed by atoms with Gasteiger partial charge in [0.1, 0.15) is 0 Å². The lowest BCUT2D eigenvalue weighted by Crippen LogP contribution is -2.44. The summed E-state index contributed by atoms with van der Waals surface area (Å²) in [5, 5.41) is 3.09. The van der Waals surface area contributed by atoms with Crippen molar-refractivity contribution in [2.24, 2.45) is 5.92 Å². The molecule has 0 bridgehead atoms. The number of benzene rings is 2. The Hall–Kier alpha value is -1.70. The number of anilines is 1. The molecule has 0 spiro atoms. The van der Waals surface area contributed by atoms with Crippen LogP contribution >= 0.6 is 15.9 Å². The van der Waals surface area contributed by atoms with Gasteiger partial charge in [-0.2, -0.15) is 4.31 Å². The predicted molar refractivity (Wildman–Crippen MR) is 129 cm³/mol. The van der Waals surface area contributed by atoms with Gasteiger partial charge in [-0.3, -0.25) is 4.79 Å². The Morgan fingerprint density at radius 1 is 1.10 bits per heavy atom. The molecule has 0 radical (unpaired) electrons. The highest BCUT2D eigenvalue weighted by molar-refractivity contribution is 9.10. The second kappa shape index (κ2) is 9.43. The quantitative estimate of drug-likeness (QED) is 0.599. The van der Waals surface area contributed by atoms with E-state index in [4.69, 9.17) is 0 Å². The second-order valence-corrected chi connectivity index (χ2v) is 11.3. The number of rotatable bonds is 5. The maximum Gasteiger partial charge on any atom is 0.243 e. The van der Waals surface area contributed by atoms with E-state index in [2.05, 4.69) is 28.2 Å². The molecule has 1 unspecified atom stereocenters. The number of piperidine rings is 1. The number of sulfonamides is 1. The predicted octanol–water partition coefficient (Wildman–Crippen LogP) is 5.28. The molecule has 3 rings (SSSR count). The lowest BCUT2D eigenvalue weighted by atomic mass is 9.98. The summed E-state index contributed by atoms with van der Waals surface area (Å²) in [7, 11) is -3.66. The van der Waals surface area contributed by atoms with Crippen LogP contribution in [-0.4, -0.2) is 31.7 Å². The van der Waals surface area contributed by atoms with Crippen LogP contribution < -0.4 is 5.32 Å². The minimum Gasteiger partial charge on any atom is -0.325 e. The fraction of sp³-hybridized carbons (Fsp3) is 0.458. The van der Waals surface area contributed by atoms with Crippen LogP contribution in [0.25, 0.3) is 0 Å². The Balaban J connectivity index is 1.84. The van der Waals surface area contributed by atoms with E-state index in [0.29, 0.717) is 24.3 Å². The zero-order chi connectivity index (χ0) is 22.9. The molecule has 1 saturated heterocycles. The summed E-state index contributed by atoms with van der Waals surface area (Å²) >= 11 is 3.51. The van der Waals surface area contributed by atoms with Gasteiger partial charge in [-0.25, -0.2) is 8.42 Å². The molecule has 1 atom stereocenters. The molecule has 1 heterocycles. The van der Waals surface area contributed by atoms with Crippen molar-refractivity contribution in [3.63, 3.8) is 0 Å². The molecule has 1 aliphatic heterocycles. The van der Waals surface area contributed by atoms with Crippen LogP contribution in [0.3, 0.4) is 0 Å². The standard InChI is InChI=1S/C24H31BrN2O3S/c1-6-19-13-21(25)12-16(3)22(19)26-24(28)20-8-7-9-27(14-20)31(29,30)23-17(4)10-15(2)11-18(23)5/h10-13,20H,6-9,14H2,1-5H3,(H,26,28). The van der Waals surface area contributed by atoms with Crippen LogP contribution in [0.2, 0.25) is 0 Å². The molecule has 5 nitrogen and oxygen atoms in total. The van der Waals surface area contributed by atoms with E-state index in [9.17, 15) is 13.2 Å². The highest BCUT2D eigenvalue weighted by atomic mass is 79.9. The third-order valence-corrected chi connectivity index (χ3v) is 8.60. The van der Waals surface area contributed by atoms with Gasteiger partial charge in [-0.1, -0.05) is 40.5 Å². The zero-order valence-corrected chi connectivity index (χ0v) is 21.3. The minimum absolute atomic E-state index is 0.114. The van der Waals surface area contributed by atoms with Gasteiger partial charge in [0.25, 0.3) is 0 Å². The summed E-state index contributed by atoms with van der Waals surface area (Å²) < 4.78 is 29.4. The van der Waals surface area contributed by atoms with Crippen LogP contribution in [0.4, 0.5) is 5.69 Å². The molecule has 168 valence electrons. The van der Waals surface area contributed by atoms with E-state index < -0.39 is 10.0 Å². The van der Waals surface area contributed by atoms with E-state index >= 15 is 0 Å². The lowest BCUT2D eigenvalue weighted by Gasteiger charge is -2.32. The topological polar surface area (TPSA) is 66.5 Å². The number of hydrogen-bond acceptors (Lipinski definition) is 3. The van der Waals surface area contributed by atoms with Crippen molar-refractivity contribution >= 4 is 37.5 Å².